The van der Waals surface area contributed by atoms with E-state index in [0.29, 0.717) is 0 Å². The number of aromatic hydroxyl groups is 3. The van der Waals surface area contributed by atoms with E-state index in [0.717, 1.165) is 88.5 Å². The summed E-state index contributed by atoms with van der Waals surface area (Å²) in [5.74, 6) is -0.706. The molecule has 0 aliphatic carbocycles. The first-order valence-electron chi connectivity index (χ1n) is 16.6. The lowest BCUT2D eigenvalue weighted by Gasteiger charge is -2.27. The van der Waals surface area contributed by atoms with Crippen molar-refractivity contribution >= 4 is 60.8 Å². The van der Waals surface area contributed by atoms with E-state index in [1.807, 2.05) is 80.7 Å². The van der Waals surface area contributed by atoms with E-state index in [4.69, 9.17) is 9.40 Å². The largest absolute Gasteiger partial charge is 0.508 e. The van der Waals surface area contributed by atoms with Crippen LogP contribution in [0.15, 0.2) is 138 Å². The highest BCUT2D eigenvalue weighted by Gasteiger charge is 2.22. The summed E-state index contributed by atoms with van der Waals surface area (Å²) in [6, 6.07) is 39.2. The average molecular weight is 666 g/mol. The zero-order valence-electron chi connectivity index (χ0n) is 27.8. The van der Waals surface area contributed by atoms with Crippen molar-refractivity contribution in [1.29, 1.82) is 0 Å². The van der Waals surface area contributed by atoms with Gasteiger partial charge in [0.1, 0.15) is 34.1 Å². The second kappa shape index (κ2) is 11.6. The average Bonchev–Trinajstić information content (AvgIpc) is 3.51. The molecule has 0 unspecified atom stereocenters. The second-order valence-electron chi connectivity index (χ2n) is 13.0. The van der Waals surface area contributed by atoms with Crippen LogP contribution >= 0.6 is 0 Å². The Labute approximate surface area is 292 Å². The number of rotatable bonds is 5. The van der Waals surface area contributed by atoms with Gasteiger partial charge in [0.15, 0.2) is 0 Å². The monoisotopic (exact) mass is 665 g/mol. The number of fused-ring (bicyclic) bond motifs is 6. The van der Waals surface area contributed by atoms with Crippen molar-refractivity contribution in [2.45, 2.75) is 13.8 Å². The molecule has 7 nitrogen and oxygen atoms in total. The SMILES string of the molecule is Cc1cc(C)cc(N(c2ccc(-c3ccc4c(c3)oc3cccc(-c5cc6cccnc6c6ncccc56)c34)cc2)c2c(O)cc(O)cc2O)c1. The van der Waals surface area contributed by atoms with Crippen molar-refractivity contribution in [2.24, 2.45) is 0 Å². The van der Waals surface area contributed by atoms with Crippen LogP contribution in [0.5, 0.6) is 17.2 Å². The summed E-state index contributed by atoms with van der Waals surface area (Å²) >= 11 is 0. The summed E-state index contributed by atoms with van der Waals surface area (Å²) in [7, 11) is 0. The van der Waals surface area contributed by atoms with Gasteiger partial charge in [-0.25, -0.2) is 0 Å². The summed E-state index contributed by atoms with van der Waals surface area (Å²) in [5.41, 5.74) is 11.2. The Morgan fingerprint density at radius 1 is 0.549 bits per heavy atom. The molecular weight excluding hydrogens is 635 g/mol. The Balaban J connectivity index is 1.15. The second-order valence-corrected chi connectivity index (χ2v) is 13.0. The number of nitrogens with zero attached hydrogens (tertiary/aromatic N) is 3. The Morgan fingerprint density at radius 2 is 1.25 bits per heavy atom. The van der Waals surface area contributed by atoms with Crippen molar-refractivity contribution in [2.75, 3.05) is 4.90 Å². The molecule has 0 spiro atoms. The number of aromatic nitrogens is 2. The standard InChI is InChI=1S/C44H31N3O4/c1-25-18-26(2)20-31(19-25)47(44-37(49)23-32(48)24-38(44)50)30-13-10-27(11-14-30)28-12-15-35-40(22-28)51-39-9-3-7-33(41(35)39)36-21-29-6-4-16-45-42(29)43-34(36)8-5-17-46-43/h3-24,48-50H,1-2H3. The third-order valence-corrected chi connectivity index (χ3v) is 9.45. The number of hydrogen-bond acceptors (Lipinski definition) is 7. The van der Waals surface area contributed by atoms with E-state index in [1.165, 1.54) is 12.1 Å². The molecule has 9 aromatic rings. The van der Waals surface area contributed by atoms with Crippen LogP contribution in [0.4, 0.5) is 17.1 Å². The first-order valence-corrected chi connectivity index (χ1v) is 16.6. The lowest BCUT2D eigenvalue weighted by molar-refractivity contribution is 0.430. The first kappa shape index (κ1) is 30.2. The Hall–Kier alpha value is -6.86. The smallest absolute Gasteiger partial charge is 0.147 e. The van der Waals surface area contributed by atoms with Crippen LogP contribution in [0, 0.1) is 13.8 Å². The maximum absolute atomic E-state index is 10.9. The maximum atomic E-state index is 10.9. The van der Waals surface area contributed by atoms with Crippen LogP contribution in [0.1, 0.15) is 11.1 Å². The number of aryl methyl sites for hydroxylation is 2. The molecule has 51 heavy (non-hydrogen) atoms. The fraction of sp³-hybridized carbons (Fsp3) is 0.0455. The zero-order chi connectivity index (χ0) is 34.8. The van der Waals surface area contributed by atoms with Crippen LogP contribution in [-0.4, -0.2) is 25.3 Å². The zero-order valence-corrected chi connectivity index (χ0v) is 27.8. The third kappa shape index (κ3) is 5.06. The molecule has 7 heteroatoms. The van der Waals surface area contributed by atoms with E-state index < -0.39 is 0 Å². The number of pyridine rings is 2. The summed E-state index contributed by atoms with van der Waals surface area (Å²) < 4.78 is 6.50. The third-order valence-electron chi connectivity index (χ3n) is 9.45. The number of anilines is 3. The fourth-order valence-electron chi connectivity index (χ4n) is 7.34. The minimum Gasteiger partial charge on any atom is -0.508 e. The molecule has 0 aliphatic rings. The van der Waals surface area contributed by atoms with Gasteiger partial charge in [0.2, 0.25) is 0 Å². The van der Waals surface area contributed by atoms with Crippen molar-refractivity contribution in [1.82, 2.24) is 9.97 Å². The number of furan rings is 1. The molecule has 0 saturated carbocycles. The molecule has 0 radical (unpaired) electrons. The summed E-state index contributed by atoms with van der Waals surface area (Å²) in [6.45, 7) is 4.01. The maximum Gasteiger partial charge on any atom is 0.147 e. The van der Waals surface area contributed by atoms with Crippen molar-refractivity contribution in [3.63, 3.8) is 0 Å². The lowest BCUT2D eigenvalue weighted by Crippen LogP contribution is -2.11. The van der Waals surface area contributed by atoms with Crippen LogP contribution < -0.4 is 4.90 Å². The molecular formula is C44H31N3O4. The van der Waals surface area contributed by atoms with Crippen LogP contribution in [-0.2, 0) is 0 Å². The summed E-state index contributed by atoms with van der Waals surface area (Å²) in [5, 5.41) is 36.0. The van der Waals surface area contributed by atoms with E-state index >= 15 is 0 Å². The lowest BCUT2D eigenvalue weighted by atomic mass is 9.94. The van der Waals surface area contributed by atoms with E-state index in [-0.39, 0.29) is 22.9 Å². The molecule has 0 fully saturated rings. The van der Waals surface area contributed by atoms with Gasteiger partial charge in [-0.3, -0.25) is 9.97 Å². The number of phenols is 3. The van der Waals surface area contributed by atoms with Gasteiger partial charge in [0, 0.05) is 57.4 Å². The van der Waals surface area contributed by atoms with Gasteiger partial charge in [-0.05, 0) is 108 Å². The minimum absolute atomic E-state index is 0.177. The Bertz CT molecular complexity index is 2780. The van der Waals surface area contributed by atoms with Crippen LogP contribution in [0.3, 0.4) is 0 Å². The molecule has 0 aliphatic heterocycles. The number of hydrogen-bond donors (Lipinski definition) is 3. The number of phenolic OH excluding ortho intramolecular Hbond substituents is 3. The van der Waals surface area contributed by atoms with Gasteiger partial charge >= 0.3 is 0 Å². The van der Waals surface area contributed by atoms with Gasteiger partial charge in [-0.15, -0.1) is 0 Å². The number of benzene rings is 6. The molecule has 3 aromatic heterocycles. The highest BCUT2D eigenvalue weighted by molar-refractivity contribution is 6.18. The van der Waals surface area contributed by atoms with Gasteiger partial charge in [0.25, 0.3) is 0 Å². The summed E-state index contributed by atoms with van der Waals surface area (Å²) in [6.07, 6.45) is 3.61. The van der Waals surface area contributed by atoms with Crippen molar-refractivity contribution < 1.29 is 19.7 Å². The normalized spacial score (nSPS) is 11.6. The van der Waals surface area contributed by atoms with Gasteiger partial charge in [0.05, 0.1) is 11.0 Å². The van der Waals surface area contributed by atoms with Crippen molar-refractivity contribution in [3.8, 4) is 39.5 Å². The summed E-state index contributed by atoms with van der Waals surface area (Å²) in [4.78, 5) is 11.1. The molecule has 0 saturated heterocycles. The molecule has 0 atom stereocenters. The molecule has 3 heterocycles. The molecule has 3 N–H and O–H groups in total. The molecule has 246 valence electrons. The van der Waals surface area contributed by atoms with Crippen molar-refractivity contribution in [3.05, 3.63) is 145 Å². The first-order chi connectivity index (χ1) is 24.8. The van der Waals surface area contributed by atoms with E-state index in [2.05, 4.69) is 53.5 Å². The van der Waals surface area contributed by atoms with Gasteiger partial charge in [-0.2, -0.15) is 0 Å². The molecule has 0 amide bonds. The predicted molar refractivity (Wildman–Crippen MR) is 204 cm³/mol. The highest BCUT2D eigenvalue weighted by atomic mass is 16.3. The molecule has 0 bridgehead atoms. The highest BCUT2D eigenvalue weighted by Crippen LogP contribution is 2.48. The molecule has 9 rings (SSSR count). The van der Waals surface area contributed by atoms with Gasteiger partial charge in [-0.1, -0.05) is 48.5 Å². The van der Waals surface area contributed by atoms with Crippen LogP contribution in [0.2, 0.25) is 0 Å². The fourth-order valence-corrected chi connectivity index (χ4v) is 7.34. The van der Waals surface area contributed by atoms with E-state index in [1.54, 1.807) is 11.1 Å². The van der Waals surface area contributed by atoms with Crippen LogP contribution in [0.25, 0.3) is 66.0 Å². The minimum atomic E-state index is -0.241. The Morgan fingerprint density at radius 3 is 2.02 bits per heavy atom. The van der Waals surface area contributed by atoms with Gasteiger partial charge < -0.3 is 24.6 Å². The topological polar surface area (TPSA) is 103 Å². The Kier molecular flexibility index (Phi) is 6.89. The quantitative estimate of drug-likeness (QED) is 0.157. The predicted octanol–water partition coefficient (Wildman–Crippen LogP) is 11.2. The molecule has 6 aromatic carbocycles. The van der Waals surface area contributed by atoms with E-state index in [9.17, 15) is 15.3 Å².